The lowest BCUT2D eigenvalue weighted by Gasteiger charge is -2.09. The molecule has 3 aromatic rings. The van der Waals surface area contributed by atoms with Crippen LogP contribution in [0.25, 0.3) is 10.8 Å². The number of halogens is 1. The second kappa shape index (κ2) is 8.09. The van der Waals surface area contributed by atoms with Gasteiger partial charge in [-0.05, 0) is 35.0 Å². The van der Waals surface area contributed by atoms with Gasteiger partial charge < -0.3 is 14.6 Å². The SMILES string of the molecule is COc1cc2ccccc2cc1C(=O)NN=Cc1cc(Br)cc(OC)c1O. The quantitative estimate of drug-likeness (QED) is 0.473. The van der Waals surface area contributed by atoms with Crippen LogP contribution in [-0.2, 0) is 0 Å². The number of carbonyl (C=O) groups excluding carboxylic acids is 1. The number of methoxy groups -OCH3 is 2. The number of phenols is 1. The molecule has 0 atom stereocenters. The topological polar surface area (TPSA) is 80.2 Å². The van der Waals surface area contributed by atoms with Gasteiger partial charge in [0, 0.05) is 10.0 Å². The van der Waals surface area contributed by atoms with Gasteiger partial charge in [0.25, 0.3) is 5.91 Å². The summed E-state index contributed by atoms with van der Waals surface area (Å²) in [7, 11) is 2.96. The molecule has 0 aliphatic carbocycles. The third-order valence-corrected chi connectivity index (χ3v) is 4.43. The van der Waals surface area contributed by atoms with Crippen LogP contribution in [0.2, 0.25) is 0 Å². The first-order chi connectivity index (χ1) is 13.0. The lowest BCUT2D eigenvalue weighted by Crippen LogP contribution is -2.18. The molecule has 0 heterocycles. The van der Waals surface area contributed by atoms with E-state index >= 15 is 0 Å². The fraction of sp³-hybridized carbons (Fsp3) is 0.100. The van der Waals surface area contributed by atoms with E-state index in [1.165, 1.54) is 20.4 Å². The van der Waals surface area contributed by atoms with E-state index in [1.807, 2.05) is 24.3 Å². The molecule has 6 nitrogen and oxygen atoms in total. The summed E-state index contributed by atoms with van der Waals surface area (Å²) in [5.74, 6) is 0.263. The zero-order valence-corrected chi connectivity index (χ0v) is 16.3. The van der Waals surface area contributed by atoms with Crippen molar-refractivity contribution in [3.63, 3.8) is 0 Å². The Balaban J connectivity index is 1.85. The van der Waals surface area contributed by atoms with Crippen LogP contribution < -0.4 is 14.9 Å². The predicted molar refractivity (Wildman–Crippen MR) is 108 cm³/mol. The smallest absolute Gasteiger partial charge is 0.275 e. The Kier molecular flexibility index (Phi) is 5.61. The van der Waals surface area contributed by atoms with E-state index in [2.05, 4.69) is 26.5 Å². The van der Waals surface area contributed by atoms with Crippen molar-refractivity contribution in [3.8, 4) is 17.2 Å². The van der Waals surface area contributed by atoms with Gasteiger partial charge in [-0.25, -0.2) is 5.43 Å². The number of nitrogens with zero attached hydrogens (tertiary/aromatic N) is 1. The summed E-state index contributed by atoms with van der Waals surface area (Å²) in [5.41, 5.74) is 3.21. The molecule has 0 fully saturated rings. The van der Waals surface area contributed by atoms with Gasteiger partial charge in [-0.1, -0.05) is 40.2 Å². The molecular weight excluding hydrogens is 412 g/mol. The Labute approximate surface area is 164 Å². The summed E-state index contributed by atoms with van der Waals surface area (Å²) in [4.78, 5) is 12.5. The van der Waals surface area contributed by atoms with Crippen molar-refractivity contribution >= 4 is 38.8 Å². The molecule has 3 aromatic carbocycles. The minimum atomic E-state index is -0.421. The maximum absolute atomic E-state index is 12.5. The molecule has 0 radical (unpaired) electrons. The Morgan fingerprint density at radius 2 is 1.74 bits per heavy atom. The molecule has 0 spiro atoms. The standard InChI is InChI=1S/C20H17BrN2O4/c1-26-17-9-13-6-4-3-5-12(13)8-16(17)20(25)23-22-11-14-7-15(21)10-18(27-2)19(14)24/h3-11,24H,1-2H3,(H,23,25). The zero-order chi connectivity index (χ0) is 19.4. The molecule has 0 aromatic heterocycles. The molecule has 0 bridgehead atoms. The average molecular weight is 429 g/mol. The van der Waals surface area contributed by atoms with Crippen molar-refractivity contribution in [2.45, 2.75) is 0 Å². The highest BCUT2D eigenvalue weighted by Crippen LogP contribution is 2.32. The van der Waals surface area contributed by atoms with E-state index in [0.29, 0.717) is 27.1 Å². The predicted octanol–water partition coefficient (Wildman–Crippen LogP) is 4.09. The molecule has 138 valence electrons. The van der Waals surface area contributed by atoms with Gasteiger partial charge in [0.1, 0.15) is 5.75 Å². The minimum Gasteiger partial charge on any atom is -0.504 e. The van der Waals surface area contributed by atoms with Crippen LogP contribution in [0.3, 0.4) is 0 Å². The number of fused-ring (bicyclic) bond motifs is 1. The summed E-state index contributed by atoms with van der Waals surface area (Å²) in [6.07, 6.45) is 1.34. The van der Waals surface area contributed by atoms with Gasteiger partial charge in [0.15, 0.2) is 11.5 Å². The highest BCUT2D eigenvalue weighted by Gasteiger charge is 2.13. The summed E-state index contributed by atoms with van der Waals surface area (Å²) in [5, 5.41) is 16.0. The van der Waals surface area contributed by atoms with Gasteiger partial charge in [0.2, 0.25) is 0 Å². The molecule has 2 N–H and O–H groups in total. The van der Waals surface area contributed by atoms with E-state index in [0.717, 1.165) is 10.8 Å². The van der Waals surface area contributed by atoms with E-state index < -0.39 is 5.91 Å². The van der Waals surface area contributed by atoms with Crippen LogP contribution in [0.15, 0.2) is 58.1 Å². The summed E-state index contributed by atoms with van der Waals surface area (Å²) in [6, 6.07) is 14.5. The van der Waals surface area contributed by atoms with Gasteiger partial charge >= 0.3 is 0 Å². The average Bonchev–Trinajstić information content (AvgIpc) is 2.68. The van der Waals surface area contributed by atoms with E-state index in [4.69, 9.17) is 9.47 Å². The van der Waals surface area contributed by atoms with Crippen LogP contribution in [0.5, 0.6) is 17.2 Å². The number of aromatic hydroxyl groups is 1. The molecule has 27 heavy (non-hydrogen) atoms. The lowest BCUT2D eigenvalue weighted by atomic mass is 10.1. The maximum Gasteiger partial charge on any atom is 0.275 e. The van der Waals surface area contributed by atoms with Gasteiger partial charge in [-0.2, -0.15) is 5.10 Å². The number of rotatable bonds is 5. The van der Waals surface area contributed by atoms with Gasteiger partial charge in [-0.3, -0.25) is 4.79 Å². The second-order valence-electron chi connectivity index (χ2n) is 5.64. The molecule has 3 rings (SSSR count). The number of ether oxygens (including phenoxy) is 2. The Morgan fingerprint density at radius 1 is 1.07 bits per heavy atom. The first-order valence-corrected chi connectivity index (χ1v) is 8.79. The van der Waals surface area contributed by atoms with E-state index in [1.54, 1.807) is 24.3 Å². The number of benzene rings is 3. The Hall–Kier alpha value is -3.06. The van der Waals surface area contributed by atoms with Crippen molar-refractivity contribution in [1.82, 2.24) is 5.43 Å². The normalized spacial score (nSPS) is 10.9. The molecule has 1 amide bonds. The highest BCUT2D eigenvalue weighted by molar-refractivity contribution is 9.10. The van der Waals surface area contributed by atoms with Crippen molar-refractivity contribution in [3.05, 3.63) is 64.1 Å². The van der Waals surface area contributed by atoms with Crippen LogP contribution in [-0.4, -0.2) is 31.4 Å². The van der Waals surface area contributed by atoms with Crippen LogP contribution in [0.1, 0.15) is 15.9 Å². The van der Waals surface area contributed by atoms with Crippen molar-refractivity contribution in [1.29, 1.82) is 0 Å². The van der Waals surface area contributed by atoms with Crippen LogP contribution >= 0.6 is 15.9 Å². The third kappa shape index (κ3) is 4.03. The van der Waals surface area contributed by atoms with E-state index in [9.17, 15) is 9.90 Å². The van der Waals surface area contributed by atoms with Gasteiger partial charge in [-0.15, -0.1) is 0 Å². The number of amides is 1. The summed E-state index contributed by atoms with van der Waals surface area (Å²) in [6.45, 7) is 0. The van der Waals surface area contributed by atoms with Crippen molar-refractivity contribution in [2.75, 3.05) is 14.2 Å². The number of phenolic OH excluding ortho intramolecular Hbond substituents is 1. The summed E-state index contributed by atoms with van der Waals surface area (Å²) < 4.78 is 11.1. The Morgan fingerprint density at radius 3 is 2.41 bits per heavy atom. The molecule has 0 aliphatic rings. The molecule has 0 aliphatic heterocycles. The molecule has 7 heteroatoms. The third-order valence-electron chi connectivity index (χ3n) is 3.97. The molecule has 0 unspecified atom stereocenters. The first kappa shape index (κ1) is 18.7. The fourth-order valence-corrected chi connectivity index (χ4v) is 3.09. The zero-order valence-electron chi connectivity index (χ0n) is 14.7. The second-order valence-corrected chi connectivity index (χ2v) is 6.56. The molecule has 0 saturated carbocycles. The van der Waals surface area contributed by atoms with Gasteiger partial charge in [0.05, 0.1) is 26.0 Å². The Bertz CT molecular complexity index is 1030. The number of hydrogen-bond acceptors (Lipinski definition) is 5. The fourth-order valence-electron chi connectivity index (χ4n) is 2.63. The monoisotopic (exact) mass is 428 g/mol. The largest absolute Gasteiger partial charge is 0.504 e. The lowest BCUT2D eigenvalue weighted by molar-refractivity contribution is 0.0952. The van der Waals surface area contributed by atoms with Crippen molar-refractivity contribution < 1.29 is 19.4 Å². The number of nitrogens with one attached hydrogen (secondary N) is 1. The van der Waals surface area contributed by atoms with Crippen LogP contribution in [0, 0.1) is 0 Å². The van der Waals surface area contributed by atoms with E-state index in [-0.39, 0.29) is 5.75 Å². The summed E-state index contributed by atoms with van der Waals surface area (Å²) >= 11 is 3.33. The highest BCUT2D eigenvalue weighted by atomic mass is 79.9. The number of hydrogen-bond donors (Lipinski definition) is 2. The maximum atomic E-state index is 12.5. The minimum absolute atomic E-state index is 0.0676. The first-order valence-electron chi connectivity index (χ1n) is 8.00. The number of carbonyl (C=O) groups is 1. The molecular formula is C20H17BrN2O4. The van der Waals surface area contributed by atoms with Crippen molar-refractivity contribution in [2.24, 2.45) is 5.10 Å². The number of hydrazone groups is 1. The van der Waals surface area contributed by atoms with Crippen LogP contribution in [0.4, 0.5) is 0 Å². The molecule has 0 saturated heterocycles.